The lowest BCUT2D eigenvalue weighted by Gasteiger charge is -2.42. The van der Waals surface area contributed by atoms with Crippen LogP contribution in [0.3, 0.4) is 0 Å². The summed E-state index contributed by atoms with van der Waals surface area (Å²) in [4.78, 5) is 61.7. The SMILES string of the molecule is CCCC(=O)C1(c2ccccc2)CCN(C(=O)[C@@H](Cc2ccc(OC)cc2)NC(=O)[C@@H](Cc2cnc[nH]2)NC(C)=O)CC1. The van der Waals surface area contributed by atoms with Gasteiger partial charge in [-0.05, 0) is 42.5 Å². The van der Waals surface area contributed by atoms with Crippen LogP contribution in [0.2, 0.25) is 0 Å². The van der Waals surface area contributed by atoms with Gasteiger partial charge in [0.1, 0.15) is 23.6 Å². The molecule has 1 aliphatic heterocycles. The first-order valence-electron chi connectivity index (χ1n) is 14.8. The fraction of sp³-hybridized carbons (Fsp3) is 0.424. The Morgan fingerprint density at radius 3 is 2.26 bits per heavy atom. The van der Waals surface area contributed by atoms with Crippen molar-refractivity contribution in [2.24, 2.45) is 0 Å². The summed E-state index contributed by atoms with van der Waals surface area (Å²) in [7, 11) is 1.58. The van der Waals surface area contributed by atoms with Crippen LogP contribution in [0, 0.1) is 0 Å². The molecule has 1 fully saturated rings. The second kappa shape index (κ2) is 14.6. The van der Waals surface area contributed by atoms with E-state index >= 15 is 0 Å². The highest BCUT2D eigenvalue weighted by molar-refractivity contribution is 5.93. The second-order valence-corrected chi connectivity index (χ2v) is 11.1. The van der Waals surface area contributed by atoms with Gasteiger partial charge in [0.05, 0.1) is 18.9 Å². The molecule has 10 nitrogen and oxygen atoms in total. The van der Waals surface area contributed by atoms with Crippen LogP contribution in [0.5, 0.6) is 5.75 Å². The quantitative estimate of drug-likeness (QED) is 0.282. The van der Waals surface area contributed by atoms with Crippen LogP contribution in [0.1, 0.15) is 56.4 Å². The largest absolute Gasteiger partial charge is 0.497 e. The third kappa shape index (κ3) is 7.88. The molecule has 2 atom stereocenters. The van der Waals surface area contributed by atoms with Gasteiger partial charge in [0.2, 0.25) is 17.7 Å². The lowest BCUT2D eigenvalue weighted by atomic mass is 9.68. The number of aromatic amines is 1. The van der Waals surface area contributed by atoms with Crippen molar-refractivity contribution in [1.82, 2.24) is 25.5 Å². The van der Waals surface area contributed by atoms with Crippen molar-refractivity contribution in [3.63, 3.8) is 0 Å². The van der Waals surface area contributed by atoms with Gasteiger partial charge in [-0.2, -0.15) is 0 Å². The van der Waals surface area contributed by atoms with Gasteiger partial charge in [0, 0.05) is 51.2 Å². The van der Waals surface area contributed by atoms with E-state index in [2.05, 4.69) is 20.6 Å². The maximum absolute atomic E-state index is 14.1. The normalized spacial score (nSPS) is 15.7. The molecule has 0 aliphatic carbocycles. The van der Waals surface area contributed by atoms with Crippen molar-refractivity contribution in [2.75, 3.05) is 20.2 Å². The molecule has 228 valence electrons. The molecule has 4 rings (SSSR count). The predicted molar refractivity (Wildman–Crippen MR) is 162 cm³/mol. The van der Waals surface area contributed by atoms with Crippen molar-refractivity contribution in [2.45, 2.75) is 69.9 Å². The van der Waals surface area contributed by atoms with Gasteiger partial charge in [-0.1, -0.05) is 49.4 Å². The number of ether oxygens (including phenoxy) is 1. The molecule has 0 spiro atoms. The summed E-state index contributed by atoms with van der Waals surface area (Å²) in [5, 5.41) is 5.62. The van der Waals surface area contributed by atoms with E-state index in [0.29, 0.717) is 43.8 Å². The minimum Gasteiger partial charge on any atom is -0.497 e. The molecule has 2 aromatic carbocycles. The van der Waals surface area contributed by atoms with Crippen LogP contribution in [0.4, 0.5) is 0 Å². The molecule has 0 unspecified atom stereocenters. The molecule has 3 aromatic rings. The number of carbonyl (C=O) groups is 4. The fourth-order valence-electron chi connectivity index (χ4n) is 5.82. The number of ketones is 1. The minimum absolute atomic E-state index is 0.192. The Bertz CT molecular complexity index is 1370. The number of H-pyrrole nitrogens is 1. The number of rotatable bonds is 13. The van der Waals surface area contributed by atoms with E-state index in [0.717, 1.165) is 17.5 Å². The average Bonchev–Trinajstić information content (AvgIpc) is 3.54. The molecular formula is C33H41N5O5. The minimum atomic E-state index is -0.900. The smallest absolute Gasteiger partial charge is 0.245 e. The number of imidazole rings is 1. The van der Waals surface area contributed by atoms with E-state index in [-0.39, 0.29) is 30.4 Å². The van der Waals surface area contributed by atoms with Gasteiger partial charge in [0.25, 0.3) is 0 Å². The zero-order valence-corrected chi connectivity index (χ0v) is 25.1. The topological polar surface area (TPSA) is 133 Å². The predicted octanol–water partition coefficient (Wildman–Crippen LogP) is 3.12. The number of benzene rings is 2. The summed E-state index contributed by atoms with van der Waals surface area (Å²) in [6, 6.07) is 15.4. The van der Waals surface area contributed by atoms with Crippen LogP contribution < -0.4 is 15.4 Å². The summed E-state index contributed by atoms with van der Waals surface area (Å²) in [6.45, 7) is 4.13. The first kappa shape index (κ1) is 31.5. The fourth-order valence-corrected chi connectivity index (χ4v) is 5.82. The third-order valence-corrected chi connectivity index (χ3v) is 8.15. The van der Waals surface area contributed by atoms with Crippen molar-refractivity contribution in [1.29, 1.82) is 0 Å². The lowest BCUT2D eigenvalue weighted by Crippen LogP contribution is -2.57. The van der Waals surface area contributed by atoms with Crippen molar-refractivity contribution in [3.8, 4) is 5.75 Å². The van der Waals surface area contributed by atoms with E-state index in [1.54, 1.807) is 18.2 Å². The van der Waals surface area contributed by atoms with Gasteiger partial charge in [-0.15, -0.1) is 0 Å². The third-order valence-electron chi connectivity index (χ3n) is 8.15. The highest BCUT2D eigenvalue weighted by atomic mass is 16.5. The number of piperidine rings is 1. The monoisotopic (exact) mass is 587 g/mol. The molecule has 10 heteroatoms. The number of methoxy groups -OCH3 is 1. The van der Waals surface area contributed by atoms with Crippen LogP contribution in [-0.4, -0.2) is 70.7 Å². The number of nitrogens with zero attached hydrogens (tertiary/aromatic N) is 2. The lowest BCUT2D eigenvalue weighted by molar-refractivity contribution is -0.140. The van der Waals surface area contributed by atoms with E-state index < -0.39 is 23.4 Å². The molecule has 2 heterocycles. The van der Waals surface area contributed by atoms with Crippen LogP contribution in [0.15, 0.2) is 67.1 Å². The Kier molecular flexibility index (Phi) is 10.7. The van der Waals surface area contributed by atoms with Gasteiger partial charge in [-0.3, -0.25) is 19.2 Å². The highest BCUT2D eigenvalue weighted by Crippen LogP contribution is 2.38. The summed E-state index contributed by atoms with van der Waals surface area (Å²) >= 11 is 0. The standard InChI is InChI=1S/C33H41N5O5/c1-4-8-30(40)33(25-9-6-5-7-10-25)15-17-38(18-16-33)32(42)29(19-24-11-13-27(43-3)14-12-24)37-31(41)28(36-23(2)39)20-26-21-34-22-35-26/h5-7,9-14,21-22,28-29H,4,8,15-20H2,1-3H3,(H,34,35)(H,36,39)(H,37,41)/t28-,29-/m1/s1. The molecule has 1 saturated heterocycles. The number of aromatic nitrogens is 2. The Morgan fingerprint density at radius 1 is 0.977 bits per heavy atom. The average molecular weight is 588 g/mol. The molecular weight excluding hydrogens is 546 g/mol. The molecule has 0 radical (unpaired) electrons. The second-order valence-electron chi connectivity index (χ2n) is 11.1. The Hall–Kier alpha value is -4.47. The molecule has 43 heavy (non-hydrogen) atoms. The van der Waals surface area contributed by atoms with Crippen molar-refractivity contribution < 1.29 is 23.9 Å². The van der Waals surface area contributed by atoms with E-state index in [4.69, 9.17) is 4.74 Å². The van der Waals surface area contributed by atoms with Gasteiger partial charge in [0.15, 0.2) is 0 Å². The van der Waals surface area contributed by atoms with E-state index in [9.17, 15) is 19.2 Å². The van der Waals surface area contributed by atoms with Crippen LogP contribution >= 0.6 is 0 Å². The molecule has 1 aliphatic rings. The summed E-state index contributed by atoms with van der Waals surface area (Å²) < 4.78 is 5.27. The zero-order chi connectivity index (χ0) is 30.8. The van der Waals surface area contributed by atoms with Crippen LogP contribution in [-0.2, 0) is 37.4 Å². The number of amides is 3. The summed E-state index contributed by atoms with van der Waals surface area (Å²) in [5.74, 6) is -0.163. The van der Waals surface area contributed by atoms with Crippen molar-refractivity contribution >= 4 is 23.5 Å². The Morgan fingerprint density at radius 2 is 1.67 bits per heavy atom. The number of Topliss-reactive ketones (excluding diaryl/α,β-unsaturated/α-hetero) is 1. The van der Waals surface area contributed by atoms with E-state index in [1.807, 2.05) is 61.5 Å². The number of nitrogens with one attached hydrogen (secondary N) is 3. The maximum atomic E-state index is 14.1. The Balaban J connectivity index is 1.55. The Labute approximate surface area is 252 Å². The van der Waals surface area contributed by atoms with Crippen molar-refractivity contribution in [3.05, 3.63) is 83.9 Å². The number of likely N-dealkylation sites (tertiary alicyclic amines) is 1. The zero-order valence-electron chi connectivity index (χ0n) is 25.1. The number of hydrogen-bond acceptors (Lipinski definition) is 6. The number of carbonyl (C=O) groups excluding carboxylic acids is 4. The van der Waals surface area contributed by atoms with Gasteiger partial charge in [-0.25, -0.2) is 4.98 Å². The van der Waals surface area contributed by atoms with Gasteiger partial charge < -0.3 is 25.3 Å². The molecule has 3 N–H and O–H groups in total. The van der Waals surface area contributed by atoms with Gasteiger partial charge >= 0.3 is 0 Å². The first-order valence-corrected chi connectivity index (χ1v) is 14.8. The molecule has 3 amide bonds. The molecule has 0 saturated carbocycles. The molecule has 0 bridgehead atoms. The number of hydrogen-bond donors (Lipinski definition) is 3. The summed E-state index contributed by atoms with van der Waals surface area (Å²) in [5.41, 5.74) is 1.87. The molecule has 1 aromatic heterocycles. The maximum Gasteiger partial charge on any atom is 0.245 e. The summed E-state index contributed by atoms with van der Waals surface area (Å²) in [6.07, 6.45) is 5.82. The van der Waals surface area contributed by atoms with Crippen LogP contribution in [0.25, 0.3) is 0 Å². The van der Waals surface area contributed by atoms with E-state index in [1.165, 1.54) is 13.3 Å². The first-order chi connectivity index (χ1) is 20.8. The highest BCUT2D eigenvalue weighted by Gasteiger charge is 2.43.